The Bertz CT molecular complexity index is 911. The van der Waals surface area contributed by atoms with Crippen LogP contribution in [0.15, 0.2) is 41.3 Å². The quantitative estimate of drug-likeness (QED) is 0.672. The predicted molar refractivity (Wildman–Crippen MR) is 106 cm³/mol. The highest BCUT2D eigenvalue weighted by atomic mass is 32.2. The fourth-order valence-electron chi connectivity index (χ4n) is 3.09. The van der Waals surface area contributed by atoms with Crippen molar-refractivity contribution in [1.29, 1.82) is 0 Å². The first-order valence-corrected chi connectivity index (χ1v) is 10.5. The second-order valence-corrected chi connectivity index (χ2v) is 8.55. The van der Waals surface area contributed by atoms with E-state index in [0.717, 1.165) is 16.7 Å². The lowest BCUT2D eigenvalue weighted by Gasteiger charge is -2.20. The second-order valence-electron chi connectivity index (χ2n) is 6.64. The summed E-state index contributed by atoms with van der Waals surface area (Å²) in [5, 5.41) is 0. The van der Waals surface area contributed by atoms with Gasteiger partial charge in [-0.1, -0.05) is 49.2 Å². The average Bonchev–Trinajstić information content (AvgIpc) is 2.60. The summed E-state index contributed by atoms with van der Waals surface area (Å²) in [5.74, 6) is -0.537. The molecule has 0 saturated carbocycles. The summed E-state index contributed by atoms with van der Waals surface area (Å²) in [7, 11) is -3.64. The van der Waals surface area contributed by atoms with E-state index in [1.807, 2.05) is 26.0 Å². The zero-order valence-electron chi connectivity index (χ0n) is 16.6. The van der Waals surface area contributed by atoms with Gasteiger partial charge in [-0.2, -0.15) is 4.31 Å². The molecule has 0 heterocycles. The van der Waals surface area contributed by atoms with E-state index < -0.39 is 16.0 Å². The predicted octanol–water partition coefficient (Wildman–Crippen LogP) is 4.00. The summed E-state index contributed by atoms with van der Waals surface area (Å²) in [6.45, 7) is 10.2. The van der Waals surface area contributed by atoms with Gasteiger partial charge in [0.05, 0.1) is 10.5 Å². The molecule has 2 rings (SSSR count). The van der Waals surface area contributed by atoms with Gasteiger partial charge < -0.3 is 4.74 Å². The summed E-state index contributed by atoms with van der Waals surface area (Å²) < 4.78 is 32.4. The Labute approximate surface area is 162 Å². The van der Waals surface area contributed by atoms with Crippen molar-refractivity contribution in [3.8, 4) is 0 Å². The fraction of sp³-hybridized carbons (Fsp3) is 0.381. The van der Waals surface area contributed by atoms with Gasteiger partial charge in [0.1, 0.15) is 6.61 Å². The molecule has 146 valence electrons. The van der Waals surface area contributed by atoms with Crippen LogP contribution in [-0.2, 0) is 21.4 Å². The number of esters is 1. The van der Waals surface area contributed by atoms with E-state index in [-0.39, 0.29) is 17.1 Å². The summed E-state index contributed by atoms with van der Waals surface area (Å²) in [4.78, 5) is 12.6. The van der Waals surface area contributed by atoms with Crippen molar-refractivity contribution in [1.82, 2.24) is 4.31 Å². The van der Waals surface area contributed by atoms with E-state index in [9.17, 15) is 13.2 Å². The van der Waals surface area contributed by atoms with Crippen LogP contribution in [0.1, 0.15) is 46.5 Å². The lowest BCUT2D eigenvalue weighted by Crippen LogP contribution is -2.31. The highest BCUT2D eigenvalue weighted by Gasteiger charge is 2.25. The van der Waals surface area contributed by atoms with Crippen LogP contribution in [0, 0.1) is 20.8 Å². The molecule has 0 aliphatic heterocycles. The van der Waals surface area contributed by atoms with Crippen LogP contribution >= 0.6 is 0 Å². The zero-order chi connectivity index (χ0) is 20.2. The minimum absolute atomic E-state index is 0.145. The van der Waals surface area contributed by atoms with Crippen LogP contribution in [0.4, 0.5) is 0 Å². The fourth-order valence-corrected chi connectivity index (χ4v) is 4.80. The molecular weight excluding hydrogens is 362 g/mol. The monoisotopic (exact) mass is 389 g/mol. The minimum Gasteiger partial charge on any atom is -0.457 e. The van der Waals surface area contributed by atoms with Gasteiger partial charge in [-0.3, -0.25) is 0 Å². The molecule has 2 aromatic carbocycles. The largest absolute Gasteiger partial charge is 0.457 e. The molecule has 0 spiro atoms. The highest BCUT2D eigenvalue weighted by molar-refractivity contribution is 7.89. The molecule has 2 aromatic rings. The summed E-state index contributed by atoms with van der Waals surface area (Å²) in [5.41, 5.74) is 3.94. The maximum Gasteiger partial charge on any atom is 0.338 e. The first-order chi connectivity index (χ1) is 12.7. The first-order valence-electron chi connectivity index (χ1n) is 9.04. The van der Waals surface area contributed by atoms with Crippen LogP contribution in [0.3, 0.4) is 0 Å². The van der Waals surface area contributed by atoms with Crippen LogP contribution in [0.25, 0.3) is 0 Å². The molecule has 0 atom stereocenters. The lowest BCUT2D eigenvalue weighted by atomic mass is 10.1. The number of sulfonamides is 1. The number of hydrogen-bond acceptors (Lipinski definition) is 4. The van der Waals surface area contributed by atoms with E-state index >= 15 is 0 Å². The Morgan fingerprint density at radius 1 is 0.963 bits per heavy atom. The Balaban J connectivity index is 2.25. The van der Waals surface area contributed by atoms with Gasteiger partial charge in [-0.25, -0.2) is 13.2 Å². The third kappa shape index (κ3) is 4.96. The maximum absolute atomic E-state index is 12.8. The summed E-state index contributed by atoms with van der Waals surface area (Å²) in [6, 6.07) is 10.6. The molecule has 0 unspecified atom stereocenters. The van der Waals surface area contributed by atoms with E-state index in [4.69, 9.17) is 4.74 Å². The molecule has 0 N–H and O–H groups in total. The molecule has 0 aliphatic carbocycles. The van der Waals surface area contributed by atoms with Crippen molar-refractivity contribution in [3.63, 3.8) is 0 Å². The van der Waals surface area contributed by atoms with Crippen LogP contribution in [-0.4, -0.2) is 31.8 Å². The number of rotatable bonds is 7. The number of benzene rings is 2. The standard InChI is InChI=1S/C21H27NO4S/c1-6-22(7-2)27(24,25)20-13-19(9-8-17(20)5)21(23)26-14-18-11-15(3)10-16(4)12-18/h8-13H,6-7,14H2,1-5H3. The van der Waals surface area contributed by atoms with Gasteiger partial charge in [0.2, 0.25) is 10.0 Å². The molecule has 0 aromatic heterocycles. The first kappa shape index (κ1) is 21.1. The van der Waals surface area contributed by atoms with Crippen LogP contribution in [0.2, 0.25) is 0 Å². The second kappa shape index (κ2) is 8.67. The van der Waals surface area contributed by atoms with Crippen molar-refractivity contribution in [3.05, 3.63) is 64.2 Å². The number of aryl methyl sites for hydroxylation is 3. The molecule has 6 heteroatoms. The van der Waals surface area contributed by atoms with Crippen molar-refractivity contribution in [2.24, 2.45) is 0 Å². The van der Waals surface area contributed by atoms with Crippen LogP contribution in [0.5, 0.6) is 0 Å². The molecule has 5 nitrogen and oxygen atoms in total. The summed E-state index contributed by atoms with van der Waals surface area (Å²) >= 11 is 0. The van der Waals surface area contributed by atoms with Gasteiger partial charge in [0, 0.05) is 13.1 Å². The third-order valence-electron chi connectivity index (χ3n) is 4.40. The van der Waals surface area contributed by atoms with Gasteiger partial charge in [-0.15, -0.1) is 0 Å². The number of nitrogens with zero attached hydrogens (tertiary/aromatic N) is 1. The Morgan fingerprint density at radius 3 is 2.11 bits per heavy atom. The van der Waals surface area contributed by atoms with E-state index in [1.54, 1.807) is 32.9 Å². The summed E-state index contributed by atoms with van der Waals surface area (Å²) in [6.07, 6.45) is 0. The number of carbonyl (C=O) groups excluding carboxylic acids is 1. The van der Waals surface area contributed by atoms with Crippen molar-refractivity contribution < 1.29 is 17.9 Å². The smallest absolute Gasteiger partial charge is 0.338 e. The molecule has 0 bridgehead atoms. The third-order valence-corrected chi connectivity index (χ3v) is 6.59. The van der Waals surface area contributed by atoms with E-state index in [0.29, 0.717) is 18.7 Å². The van der Waals surface area contributed by atoms with Crippen LogP contribution < -0.4 is 0 Å². The number of carbonyl (C=O) groups is 1. The molecule has 0 saturated heterocycles. The molecule has 27 heavy (non-hydrogen) atoms. The van der Waals surface area contributed by atoms with Gasteiger partial charge in [-0.05, 0) is 44.0 Å². The van der Waals surface area contributed by atoms with Gasteiger partial charge >= 0.3 is 5.97 Å². The molecular formula is C21H27NO4S. The Morgan fingerprint density at radius 2 is 1.56 bits per heavy atom. The highest BCUT2D eigenvalue weighted by Crippen LogP contribution is 2.22. The van der Waals surface area contributed by atoms with E-state index in [1.165, 1.54) is 10.4 Å². The van der Waals surface area contributed by atoms with E-state index in [2.05, 4.69) is 6.07 Å². The van der Waals surface area contributed by atoms with Gasteiger partial charge in [0.25, 0.3) is 0 Å². The molecule has 0 amide bonds. The normalized spacial score (nSPS) is 11.6. The SMILES string of the molecule is CCN(CC)S(=O)(=O)c1cc(C(=O)OCc2cc(C)cc(C)c2)ccc1C. The lowest BCUT2D eigenvalue weighted by molar-refractivity contribution is 0.0472. The maximum atomic E-state index is 12.8. The minimum atomic E-state index is -3.64. The van der Waals surface area contributed by atoms with Crippen molar-refractivity contribution in [2.75, 3.05) is 13.1 Å². The molecule has 0 fully saturated rings. The number of ether oxygens (including phenoxy) is 1. The van der Waals surface area contributed by atoms with Gasteiger partial charge in [0.15, 0.2) is 0 Å². The van der Waals surface area contributed by atoms with Crippen molar-refractivity contribution >= 4 is 16.0 Å². The average molecular weight is 390 g/mol. The topological polar surface area (TPSA) is 63.7 Å². The Kier molecular flexibility index (Phi) is 6.78. The number of hydrogen-bond donors (Lipinski definition) is 0. The Hall–Kier alpha value is -2.18. The van der Waals surface area contributed by atoms with Crippen molar-refractivity contribution in [2.45, 2.75) is 46.1 Å². The zero-order valence-corrected chi connectivity index (χ0v) is 17.4. The molecule has 0 aliphatic rings. The molecule has 0 radical (unpaired) electrons.